The number of rotatable bonds is 7. The van der Waals surface area contributed by atoms with E-state index in [1.165, 1.54) is 12.8 Å². The molecule has 0 amide bonds. The molecule has 3 N–H and O–H groups in total. The molecule has 0 bridgehead atoms. The van der Waals surface area contributed by atoms with E-state index in [0.29, 0.717) is 29.2 Å². The largest absolute Gasteiger partial charge is 0.486 e. The molecule has 0 atom stereocenters. The summed E-state index contributed by atoms with van der Waals surface area (Å²) in [4.78, 5) is 24.4. The zero-order valence-electron chi connectivity index (χ0n) is 15.8. The number of aromatic amines is 1. The van der Waals surface area contributed by atoms with Gasteiger partial charge in [0, 0.05) is 12.7 Å². The monoisotopic (exact) mass is 379 g/mol. The standard InChI is InChI=1S/C21H25N5O2/c27-21-17-8-11-24-18(13-23-12-15-6-9-22-10-7-15)20(17)25-19(26-21)14-28-16-4-2-1-3-5-16/h1-5,8,11,15,22-23H,6-7,9-10,12-14H2,(H,25,26,27). The van der Waals surface area contributed by atoms with Gasteiger partial charge < -0.3 is 20.4 Å². The van der Waals surface area contributed by atoms with Crippen molar-refractivity contribution >= 4 is 10.9 Å². The summed E-state index contributed by atoms with van der Waals surface area (Å²) in [5.74, 6) is 1.91. The van der Waals surface area contributed by atoms with E-state index in [1.54, 1.807) is 12.3 Å². The Bertz CT molecular complexity index is 967. The number of fused-ring (bicyclic) bond motifs is 1. The van der Waals surface area contributed by atoms with Crippen LogP contribution in [-0.2, 0) is 13.2 Å². The van der Waals surface area contributed by atoms with Crippen molar-refractivity contribution in [3.63, 3.8) is 0 Å². The molecule has 1 aliphatic rings. The molecule has 146 valence electrons. The number of ether oxygens (including phenoxy) is 1. The van der Waals surface area contributed by atoms with Gasteiger partial charge in [0.1, 0.15) is 23.7 Å². The van der Waals surface area contributed by atoms with Gasteiger partial charge in [0.15, 0.2) is 0 Å². The van der Waals surface area contributed by atoms with Crippen molar-refractivity contribution in [3.8, 4) is 5.75 Å². The van der Waals surface area contributed by atoms with E-state index in [2.05, 4.69) is 25.6 Å². The molecule has 0 aliphatic carbocycles. The average molecular weight is 379 g/mol. The van der Waals surface area contributed by atoms with Gasteiger partial charge >= 0.3 is 0 Å². The molecule has 1 saturated heterocycles. The van der Waals surface area contributed by atoms with Gasteiger partial charge in [-0.05, 0) is 56.6 Å². The maximum absolute atomic E-state index is 12.5. The van der Waals surface area contributed by atoms with Crippen molar-refractivity contribution in [1.82, 2.24) is 25.6 Å². The predicted molar refractivity (Wildman–Crippen MR) is 108 cm³/mol. The van der Waals surface area contributed by atoms with E-state index >= 15 is 0 Å². The fourth-order valence-electron chi connectivity index (χ4n) is 3.51. The smallest absolute Gasteiger partial charge is 0.258 e. The first-order chi connectivity index (χ1) is 13.8. The molecule has 0 saturated carbocycles. The number of hydrogen-bond donors (Lipinski definition) is 3. The van der Waals surface area contributed by atoms with Crippen LogP contribution in [0.5, 0.6) is 5.75 Å². The molecular formula is C21H25N5O2. The molecule has 28 heavy (non-hydrogen) atoms. The van der Waals surface area contributed by atoms with Crippen LogP contribution in [0.25, 0.3) is 10.9 Å². The molecule has 0 unspecified atom stereocenters. The maximum Gasteiger partial charge on any atom is 0.258 e. The molecule has 3 aromatic rings. The lowest BCUT2D eigenvalue weighted by molar-refractivity contribution is 0.296. The summed E-state index contributed by atoms with van der Waals surface area (Å²) in [5.41, 5.74) is 1.26. The second-order valence-corrected chi connectivity index (χ2v) is 7.09. The van der Waals surface area contributed by atoms with Crippen LogP contribution in [0.4, 0.5) is 0 Å². The number of hydrogen-bond acceptors (Lipinski definition) is 6. The fourth-order valence-corrected chi connectivity index (χ4v) is 3.51. The third-order valence-corrected chi connectivity index (χ3v) is 5.05. The van der Waals surface area contributed by atoms with Gasteiger partial charge in [0.25, 0.3) is 5.56 Å². The Hall–Kier alpha value is -2.77. The van der Waals surface area contributed by atoms with Gasteiger partial charge in [-0.15, -0.1) is 0 Å². The summed E-state index contributed by atoms with van der Waals surface area (Å²) >= 11 is 0. The summed E-state index contributed by atoms with van der Waals surface area (Å²) in [6.07, 6.45) is 4.05. The normalized spacial score (nSPS) is 15.0. The third kappa shape index (κ3) is 4.55. The minimum Gasteiger partial charge on any atom is -0.486 e. The van der Waals surface area contributed by atoms with E-state index in [4.69, 9.17) is 4.74 Å². The molecule has 1 aromatic carbocycles. The lowest BCUT2D eigenvalue weighted by Gasteiger charge is -2.22. The van der Waals surface area contributed by atoms with Crippen molar-refractivity contribution in [2.75, 3.05) is 19.6 Å². The SMILES string of the molecule is O=c1[nH]c(COc2ccccc2)nc2c(CNCC3CCNCC3)nccc12. The first-order valence-electron chi connectivity index (χ1n) is 9.75. The molecule has 0 spiro atoms. The van der Waals surface area contributed by atoms with Crippen LogP contribution in [0, 0.1) is 5.92 Å². The lowest BCUT2D eigenvalue weighted by Crippen LogP contribution is -2.33. The number of para-hydroxylation sites is 1. The first kappa shape index (κ1) is 18.6. The van der Waals surface area contributed by atoms with Crippen LogP contribution in [0.2, 0.25) is 0 Å². The highest BCUT2D eigenvalue weighted by Crippen LogP contribution is 2.14. The van der Waals surface area contributed by atoms with Gasteiger partial charge in [0.2, 0.25) is 0 Å². The third-order valence-electron chi connectivity index (χ3n) is 5.05. The average Bonchev–Trinajstić information content (AvgIpc) is 2.74. The lowest BCUT2D eigenvalue weighted by atomic mass is 9.98. The summed E-state index contributed by atoms with van der Waals surface area (Å²) < 4.78 is 5.72. The van der Waals surface area contributed by atoms with Crippen molar-refractivity contribution < 1.29 is 4.74 Å². The molecule has 4 rings (SSSR count). The van der Waals surface area contributed by atoms with Gasteiger partial charge in [-0.25, -0.2) is 4.98 Å². The van der Waals surface area contributed by atoms with Crippen LogP contribution < -0.4 is 20.9 Å². The highest BCUT2D eigenvalue weighted by atomic mass is 16.5. The molecule has 7 heteroatoms. The fraction of sp³-hybridized carbons (Fsp3) is 0.381. The maximum atomic E-state index is 12.5. The van der Waals surface area contributed by atoms with Crippen molar-refractivity contribution in [3.05, 3.63) is 64.5 Å². The van der Waals surface area contributed by atoms with Crippen LogP contribution >= 0.6 is 0 Å². The first-order valence-corrected chi connectivity index (χ1v) is 9.75. The van der Waals surface area contributed by atoms with Crippen molar-refractivity contribution in [2.45, 2.75) is 26.0 Å². The van der Waals surface area contributed by atoms with Crippen molar-refractivity contribution in [2.24, 2.45) is 5.92 Å². The minimum atomic E-state index is -0.168. The number of H-pyrrole nitrogens is 1. The Balaban J connectivity index is 1.48. The van der Waals surface area contributed by atoms with Crippen molar-refractivity contribution in [1.29, 1.82) is 0 Å². The molecule has 7 nitrogen and oxygen atoms in total. The molecule has 3 heterocycles. The number of nitrogens with one attached hydrogen (secondary N) is 3. The number of benzene rings is 1. The van der Waals surface area contributed by atoms with Gasteiger partial charge in [0.05, 0.1) is 11.1 Å². The predicted octanol–water partition coefficient (Wildman–Crippen LogP) is 1.99. The Morgan fingerprint density at radius 1 is 1.14 bits per heavy atom. The van der Waals surface area contributed by atoms with Gasteiger partial charge in [-0.2, -0.15) is 0 Å². The Morgan fingerprint density at radius 3 is 2.79 bits per heavy atom. The Labute approximate surface area is 163 Å². The molecule has 0 radical (unpaired) electrons. The zero-order chi connectivity index (χ0) is 19.2. The molecule has 1 fully saturated rings. The number of aromatic nitrogens is 3. The summed E-state index contributed by atoms with van der Waals surface area (Å²) in [6, 6.07) is 11.2. The second kappa shape index (κ2) is 8.95. The van der Waals surface area contributed by atoms with E-state index < -0.39 is 0 Å². The zero-order valence-corrected chi connectivity index (χ0v) is 15.8. The minimum absolute atomic E-state index is 0.168. The van der Waals surface area contributed by atoms with Gasteiger partial charge in [-0.3, -0.25) is 9.78 Å². The second-order valence-electron chi connectivity index (χ2n) is 7.09. The quantitative estimate of drug-likeness (QED) is 0.581. The van der Waals surface area contributed by atoms with Crippen LogP contribution in [-0.4, -0.2) is 34.6 Å². The topological polar surface area (TPSA) is 91.9 Å². The highest BCUT2D eigenvalue weighted by molar-refractivity contribution is 5.79. The van der Waals surface area contributed by atoms with E-state index in [-0.39, 0.29) is 12.2 Å². The van der Waals surface area contributed by atoms with E-state index in [9.17, 15) is 4.79 Å². The van der Waals surface area contributed by atoms with Crippen LogP contribution in [0.15, 0.2) is 47.4 Å². The summed E-state index contributed by atoms with van der Waals surface area (Å²) in [5, 5.41) is 7.42. The summed E-state index contributed by atoms with van der Waals surface area (Å²) in [7, 11) is 0. The van der Waals surface area contributed by atoms with E-state index in [1.807, 2.05) is 30.3 Å². The highest BCUT2D eigenvalue weighted by Gasteiger charge is 2.14. The number of nitrogens with zero attached hydrogens (tertiary/aromatic N) is 2. The number of piperidine rings is 1. The molecule has 2 aromatic heterocycles. The van der Waals surface area contributed by atoms with Crippen LogP contribution in [0.3, 0.4) is 0 Å². The molecular weight excluding hydrogens is 354 g/mol. The van der Waals surface area contributed by atoms with E-state index in [0.717, 1.165) is 31.1 Å². The Kier molecular flexibility index (Phi) is 5.94. The molecule has 1 aliphatic heterocycles. The Morgan fingerprint density at radius 2 is 1.96 bits per heavy atom. The number of pyridine rings is 1. The summed E-state index contributed by atoms with van der Waals surface area (Å²) in [6.45, 7) is 3.91. The van der Waals surface area contributed by atoms with Gasteiger partial charge in [-0.1, -0.05) is 18.2 Å². The van der Waals surface area contributed by atoms with Crippen LogP contribution in [0.1, 0.15) is 24.4 Å².